The van der Waals surface area contributed by atoms with Crippen molar-refractivity contribution in [2.24, 2.45) is 11.8 Å². The van der Waals surface area contributed by atoms with E-state index in [1.807, 2.05) is 16.8 Å². The van der Waals surface area contributed by atoms with Gasteiger partial charge >= 0.3 is 0 Å². The molecule has 5 heteroatoms. The van der Waals surface area contributed by atoms with Crippen molar-refractivity contribution in [1.82, 2.24) is 14.7 Å². The monoisotopic (exact) mass is 351 g/mol. The lowest BCUT2D eigenvalue weighted by atomic mass is 9.87. The van der Waals surface area contributed by atoms with Crippen molar-refractivity contribution < 1.29 is 9.59 Å². The Morgan fingerprint density at radius 1 is 1.08 bits per heavy atom. The Hall–Kier alpha value is -1.10. The average molecular weight is 352 g/mol. The zero-order chi connectivity index (χ0) is 18.2. The predicted molar refractivity (Wildman–Crippen MR) is 101 cm³/mol. The minimum Gasteiger partial charge on any atom is -0.344 e. The van der Waals surface area contributed by atoms with Gasteiger partial charge in [0.1, 0.15) is 0 Å². The van der Waals surface area contributed by atoms with Gasteiger partial charge in [0.15, 0.2) is 0 Å². The summed E-state index contributed by atoms with van der Waals surface area (Å²) < 4.78 is 0. The first kappa shape index (κ1) is 20.2. The molecule has 1 saturated carbocycles. The van der Waals surface area contributed by atoms with Gasteiger partial charge in [-0.15, -0.1) is 0 Å². The van der Waals surface area contributed by atoms with Gasteiger partial charge in [-0.05, 0) is 38.3 Å². The van der Waals surface area contributed by atoms with Crippen LogP contribution in [0.4, 0.5) is 0 Å². The first-order valence-corrected chi connectivity index (χ1v) is 10.3. The first-order valence-electron chi connectivity index (χ1n) is 10.3. The van der Waals surface area contributed by atoms with Crippen molar-refractivity contribution in [3.8, 4) is 0 Å². The summed E-state index contributed by atoms with van der Waals surface area (Å²) in [5.41, 5.74) is 0. The Balaban J connectivity index is 1.83. The molecule has 25 heavy (non-hydrogen) atoms. The van der Waals surface area contributed by atoms with E-state index >= 15 is 0 Å². The standard InChI is InChI=1S/C20H37N3O2/c1-4-22(5-2)14-13-21(3)20(25)18-11-12-19(24)23(16-18)15-17-9-7-6-8-10-17/h17-18H,4-16H2,1-3H3. The van der Waals surface area contributed by atoms with Crippen LogP contribution >= 0.6 is 0 Å². The lowest BCUT2D eigenvalue weighted by Crippen LogP contribution is -2.48. The van der Waals surface area contributed by atoms with E-state index in [1.54, 1.807) is 0 Å². The van der Waals surface area contributed by atoms with E-state index in [9.17, 15) is 9.59 Å². The Labute approximate surface area is 153 Å². The highest BCUT2D eigenvalue weighted by molar-refractivity contribution is 5.83. The smallest absolute Gasteiger partial charge is 0.227 e. The summed E-state index contributed by atoms with van der Waals surface area (Å²) in [6, 6.07) is 0. The van der Waals surface area contributed by atoms with Crippen LogP contribution in [0, 0.1) is 11.8 Å². The van der Waals surface area contributed by atoms with Gasteiger partial charge in [0.25, 0.3) is 0 Å². The summed E-state index contributed by atoms with van der Waals surface area (Å²) in [6.45, 7) is 9.54. The van der Waals surface area contributed by atoms with Crippen LogP contribution in [-0.2, 0) is 9.59 Å². The highest BCUT2D eigenvalue weighted by Crippen LogP contribution is 2.27. The van der Waals surface area contributed by atoms with Crippen molar-refractivity contribution in [2.75, 3.05) is 46.3 Å². The number of carbonyl (C=O) groups is 2. The molecule has 0 N–H and O–H groups in total. The quantitative estimate of drug-likeness (QED) is 0.675. The lowest BCUT2D eigenvalue weighted by Gasteiger charge is -2.37. The molecule has 2 fully saturated rings. The van der Waals surface area contributed by atoms with Crippen molar-refractivity contribution in [1.29, 1.82) is 0 Å². The molecule has 2 rings (SSSR count). The van der Waals surface area contributed by atoms with E-state index in [4.69, 9.17) is 0 Å². The number of carbonyl (C=O) groups excluding carboxylic acids is 2. The van der Waals surface area contributed by atoms with Gasteiger partial charge in [-0.2, -0.15) is 0 Å². The first-order chi connectivity index (χ1) is 12.0. The summed E-state index contributed by atoms with van der Waals surface area (Å²) in [7, 11) is 1.91. The van der Waals surface area contributed by atoms with Crippen LogP contribution in [0.1, 0.15) is 58.8 Å². The molecule has 5 nitrogen and oxygen atoms in total. The Bertz CT molecular complexity index is 431. The number of amides is 2. The Morgan fingerprint density at radius 2 is 1.76 bits per heavy atom. The molecule has 0 bridgehead atoms. The molecule has 0 spiro atoms. The number of piperidine rings is 1. The highest BCUT2D eigenvalue weighted by Gasteiger charge is 2.33. The number of likely N-dealkylation sites (tertiary alicyclic amines) is 1. The van der Waals surface area contributed by atoms with Crippen LogP contribution in [-0.4, -0.2) is 72.8 Å². The van der Waals surface area contributed by atoms with Crippen LogP contribution in [0.25, 0.3) is 0 Å². The molecular formula is C20H37N3O2. The fourth-order valence-electron chi connectivity index (χ4n) is 4.23. The van der Waals surface area contributed by atoms with Crippen LogP contribution < -0.4 is 0 Å². The van der Waals surface area contributed by atoms with Gasteiger partial charge in [0.05, 0.1) is 5.92 Å². The van der Waals surface area contributed by atoms with E-state index in [0.29, 0.717) is 25.3 Å². The normalized spacial score (nSPS) is 22.5. The molecule has 1 saturated heterocycles. The Morgan fingerprint density at radius 3 is 2.40 bits per heavy atom. The summed E-state index contributed by atoms with van der Waals surface area (Å²) in [4.78, 5) is 31.3. The summed E-state index contributed by atoms with van der Waals surface area (Å²) in [5.74, 6) is 1.10. The highest BCUT2D eigenvalue weighted by atomic mass is 16.2. The van der Waals surface area contributed by atoms with Crippen molar-refractivity contribution in [3.63, 3.8) is 0 Å². The van der Waals surface area contributed by atoms with Crippen LogP contribution in [0.3, 0.4) is 0 Å². The molecule has 1 unspecified atom stereocenters. The number of likely N-dealkylation sites (N-methyl/N-ethyl adjacent to an activating group) is 2. The molecule has 2 aliphatic rings. The van der Waals surface area contributed by atoms with Crippen LogP contribution in [0.2, 0.25) is 0 Å². The fourth-order valence-corrected chi connectivity index (χ4v) is 4.23. The van der Waals surface area contributed by atoms with E-state index in [1.165, 1.54) is 32.1 Å². The second-order valence-corrected chi connectivity index (χ2v) is 7.83. The third-order valence-electron chi connectivity index (χ3n) is 6.08. The second-order valence-electron chi connectivity index (χ2n) is 7.83. The molecule has 1 aliphatic carbocycles. The van der Waals surface area contributed by atoms with Gasteiger partial charge in [-0.3, -0.25) is 9.59 Å². The van der Waals surface area contributed by atoms with E-state index < -0.39 is 0 Å². The SMILES string of the molecule is CCN(CC)CCN(C)C(=O)C1CCC(=O)N(CC2CCCCC2)C1. The molecule has 0 aromatic carbocycles. The van der Waals surface area contributed by atoms with E-state index in [0.717, 1.165) is 32.7 Å². The average Bonchev–Trinajstić information content (AvgIpc) is 2.64. The van der Waals surface area contributed by atoms with Crippen molar-refractivity contribution in [3.05, 3.63) is 0 Å². The number of nitrogens with zero attached hydrogens (tertiary/aromatic N) is 3. The maximum Gasteiger partial charge on any atom is 0.227 e. The third-order valence-corrected chi connectivity index (χ3v) is 6.08. The van der Waals surface area contributed by atoms with E-state index in [-0.39, 0.29) is 17.7 Å². The molecule has 1 aliphatic heterocycles. The second kappa shape index (κ2) is 10.1. The third kappa shape index (κ3) is 5.98. The number of hydrogen-bond acceptors (Lipinski definition) is 3. The summed E-state index contributed by atoms with van der Waals surface area (Å²) in [6.07, 6.45) is 7.66. The van der Waals surface area contributed by atoms with Gasteiger partial charge in [-0.1, -0.05) is 33.1 Å². The molecular weight excluding hydrogens is 314 g/mol. The predicted octanol–water partition coefficient (Wildman–Crippen LogP) is 2.61. The van der Waals surface area contributed by atoms with Gasteiger partial charge in [-0.25, -0.2) is 0 Å². The zero-order valence-electron chi connectivity index (χ0n) is 16.5. The fraction of sp³-hybridized carbons (Fsp3) is 0.900. The number of rotatable bonds is 8. The van der Waals surface area contributed by atoms with Crippen molar-refractivity contribution >= 4 is 11.8 Å². The minimum atomic E-state index is -0.0111. The summed E-state index contributed by atoms with van der Waals surface area (Å²) in [5, 5.41) is 0. The Kier molecular flexibility index (Phi) is 8.20. The molecule has 1 heterocycles. The van der Waals surface area contributed by atoms with E-state index in [2.05, 4.69) is 18.7 Å². The van der Waals surface area contributed by atoms with Gasteiger partial charge in [0, 0.05) is 39.6 Å². The molecule has 144 valence electrons. The largest absolute Gasteiger partial charge is 0.344 e. The maximum atomic E-state index is 12.8. The number of hydrogen-bond donors (Lipinski definition) is 0. The molecule has 1 atom stereocenters. The summed E-state index contributed by atoms with van der Waals surface area (Å²) >= 11 is 0. The molecule has 0 aromatic rings. The van der Waals surface area contributed by atoms with Crippen LogP contribution in [0.15, 0.2) is 0 Å². The topological polar surface area (TPSA) is 43.9 Å². The van der Waals surface area contributed by atoms with Gasteiger partial charge < -0.3 is 14.7 Å². The maximum absolute atomic E-state index is 12.8. The molecule has 0 aromatic heterocycles. The molecule has 2 amide bonds. The minimum absolute atomic E-state index is 0.0111. The van der Waals surface area contributed by atoms with Crippen LogP contribution in [0.5, 0.6) is 0 Å². The van der Waals surface area contributed by atoms with Gasteiger partial charge in [0.2, 0.25) is 11.8 Å². The molecule has 0 radical (unpaired) electrons. The van der Waals surface area contributed by atoms with Crippen molar-refractivity contribution in [2.45, 2.75) is 58.8 Å². The lowest BCUT2D eigenvalue weighted by molar-refractivity contribution is -0.143. The zero-order valence-corrected chi connectivity index (χ0v) is 16.5.